The lowest BCUT2D eigenvalue weighted by Crippen LogP contribution is -2.58. The summed E-state index contributed by atoms with van der Waals surface area (Å²) in [5, 5.41) is 9.14. The molecule has 0 bridgehead atoms. The van der Waals surface area contributed by atoms with Crippen LogP contribution in [0.25, 0.3) is 0 Å². The molecular formula is C11H15NO4S2. The van der Waals surface area contributed by atoms with Crippen molar-refractivity contribution in [3.8, 4) is 0 Å². The predicted molar refractivity (Wildman–Crippen MR) is 68.3 cm³/mol. The molecule has 7 heteroatoms. The van der Waals surface area contributed by atoms with Gasteiger partial charge in [0.05, 0.1) is 4.90 Å². The van der Waals surface area contributed by atoms with E-state index in [0.29, 0.717) is 17.7 Å². The van der Waals surface area contributed by atoms with Gasteiger partial charge in [-0.1, -0.05) is 0 Å². The van der Waals surface area contributed by atoms with E-state index in [9.17, 15) is 13.2 Å². The third kappa shape index (κ3) is 2.17. The number of carbonyl (C=O) groups is 1. The fourth-order valence-electron chi connectivity index (χ4n) is 2.08. The minimum absolute atomic E-state index is 0.192. The fraction of sp³-hybridized carbons (Fsp3) is 0.545. The van der Waals surface area contributed by atoms with Gasteiger partial charge in [0, 0.05) is 9.75 Å². The summed E-state index contributed by atoms with van der Waals surface area (Å²) in [5.74, 6) is -1.10. The van der Waals surface area contributed by atoms with E-state index >= 15 is 0 Å². The van der Waals surface area contributed by atoms with E-state index in [2.05, 4.69) is 4.72 Å². The molecule has 1 fully saturated rings. The lowest BCUT2D eigenvalue weighted by atomic mass is 9.78. The monoisotopic (exact) mass is 289 g/mol. The second-order valence-corrected chi connectivity index (χ2v) is 7.74. The van der Waals surface area contributed by atoms with E-state index in [-0.39, 0.29) is 4.90 Å². The molecule has 0 aliphatic heterocycles. The number of rotatable bonds is 4. The van der Waals surface area contributed by atoms with Crippen molar-refractivity contribution in [2.75, 3.05) is 0 Å². The van der Waals surface area contributed by atoms with Crippen LogP contribution in [0.2, 0.25) is 0 Å². The lowest BCUT2D eigenvalue weighted by molar-refractivity contribution is -0.147. The van der Waals surface area contributed by atoms with Gasteiger partial charge in [-0.15, -0.1) is 11.3 Å². The van der Waals surface area contributed by atoms with Crippen LogP contribution >= 0.6 is 11.3 Å². The van der Waals surface area contributed by atoms with Gasteiger partial charge in [0.1, 0.15) is 5.54 Å². The van der Waals surface area contributed by atoms with E-state index < -0.39 is 21.5 Å². The molecule has 0 aromatic carbocycles. The first-order chi connectivity index (χ1) is 8.27. The molecule has 5 nitrogen and oxygen atoms in total. The maximum absolute atomic E-state index is 12.2. The van der Waals surface area contributed by atoms with Crippen LogP contribution in [-0.2, 0) is 14.8 Å². The fourth-order valence-corrected chi connectivity index (χ4v) is 5.05. The quantitative estimate of drug-likeness (QED) is 0.883. The highest BCUT2D eigenvalue weighted by atomic mass is 32.2. The van der Waals surface area contributed by atoms with Crippen molar-refractivity contribution < 1.29 is 18.3 Å². The van der Waals surface area contributed by atoms with Crippen molar-refractivity contribution in [3.05, 3.63) is 15.8 Å². The summed E-state index contributed by atoms with van der Waals surface area (Å²) < 4.78 is 26.8. The second-order valence-electron chi connectivity index (χ2n) is 4.62. The Labute approximate surface area is 110 Å². The first-order valence-corrected chi connectivity index (χ1v) is 7.91. The van der Waals surface area contributed by atoms with Crippen molar-refractivity contribution in [2.45, 2.75) is 43.5 Å². The topological polar surface area (TPSA) is 83.5 Å². The van der Waals surface area contributed by atoms with Gasteiger partial charge in [-0.3, -0.25) is 4.79 Å². The van der Waals surface area contributed by atoms with E-state index in [1.165, 1.54) is 11.3 Å². The van der Waals surface area contributed by atoms with Gasteiger partial charge < -0.3 is 5.11 Å². The number of aliphatic carboxylic acids is 1. The SMILES string of the molecule is Cc1cc(S(=O)(=O)NC2(C(=O)O)CCC2)c(C)s1. The van der Waals surface area contributed by atoms with Crippen LogP contribution < -0.4 is 4.72 Å². The van der Waals surface area contributed by atoms with Gasteiger partial charge in [-0.05, 0) is 39.2 Å². The summed E-state index contributed by atoms with van der Waals surface area (Å²) in [7, 11) is -3.75. The van der Waals surface area contributed by atoms with Crippen LogP contribution in [0.15, 0.2) is 11.0 Å². The highest BCUT2D eigenvalue weighted by Crippen LogP contribution is 2.35. The first kappa shape index (κ1) is 13.5. The first-order valence-electron chi connectivity index (χ1n) is 5.61. The van der Waals surface area contributed by atoms with E-state index in [1.807, 2.05) is 6.92 Å². The predicted octanol–water partition coefficient (Wildman–Crippen LogP) is 1.65. The Morgan fingerprint density at radius 2 is 2.06 bits per heavy atom. The smallest absolute Gasteiger partial charge is 0.324 e. The number of sulfonamides is 1. The molecule has 0 atom stereocenters. The number of hydrogen-bond donors (Lipinski definition) is 2. The van der Waals surface area contributed by atoms with Gasteiger partial charge in [0.15, 0.2) is 0 Å². The summed E-state index contributed by atoms with van der Waals surface area (Å²) in [5.41, 5.74) is -1.30. The number of hydrogen-bond acceptors (Lipinski definition) is 4. The molecule has 0 amide bonds. The molecule has 0 radical (unpaired) electrons. The summed E-state index contributed by atoms with van der Waals surface area (Å²) in [6.07, 6.45) is 1.43. The Balaban J connectivity index is 2.33. The molecule has 1 heterocycles. The van der Waals surface area contributed by atoms with Crippen LogP contribution in [-0.4, -0.2) is 25.0 Å². The van der Waals surface area contributed by atoms with Crippen molar-refractivity contribution in [2.24, 2.45) is 0 Å². The van der Waals surface area contributed by atoms with Gasteiger partial charge in [-0.25, -0.2) is 8.42 Å². The molecule has 1 aromatic heterocycles. The maximum Gasteiger partial charge on any atom is 0.324 e. The van der Waals surface area contributed by atoms with Crippen molar-refractivity contribution in [1.29, 1.82) is 0 Å². The summed E-state index contributed by atoms with van der Waals surface area (Å²) in [6, 6.07) is 1.58. The highest BCUT2D eigenvalue weighted by molar-refractivity contribution is 7.89. The number of aryl methyl sites for hydroxylation is 2. The van der Waals surface area contributed by atoms with Gasteiger partial charge in [0.2, 0.25) is 10.0 Å². The molecule has 2 N–H and O–H groups in total. The van der Waals surface area contributed by atoms with E-state index in [0.717, 1.165) is 11.3 Å². The normalized spacial score (nSPS) is 18.3. The molecule has 1 aliphatic rings. The lowest BCUT2D eigenvalue weighted by Gasteiger charge is -2.37. The second kappa shape index (κ2) is 4.32. The largest absolute Gasteiger partial charge is 0.480 e. The average Bonchev–Trinajstić information content (AvgIpc) is 2.52. The number of nitrogens with one attached hydrogen (secondary N) is 1. The van der Waals surface area contributed by atoms with Crippen molar-refractivity contribution in [3.63, 3.8) is 0 Å². The molecule has 1 saturated carbocycles. The number of thiophene rings is 1. The Morgan fingerprint density at radius 1 is 1.44 bits per heavy atom. The third-order valence-corrected chi connectivity index (χ3v) is 5.99. The van der Waals surface area contributed by atoms with Crippen LogP contribution in [0.4, 0.5) is 0 Å². The molecule has 2 rings (SSSR count). The molecule has 0 unspecified atom stereocenters. The highest BCUT2D eigenvalue weighted by Gasteiger charge is 2.47. The van der Waals surface area contributed by atoms with Gasteiger partial charge in [-0.2, -0.15) is 4.72 Å². The Morgan fingerprint density at radius 3 is 2.39 bits per heavy atom. The van der Waals surface area contributed by atoms with Crippen molar-refractivity contribution in [1.82, 2.24) is 4.72 Å². The van der Waals surface area contributed by atoms with E-state index in [1.54, 1.807) is 13.0 Å². The summed E-state index contributed by atoms with van der Waals surface area (Å²) in [4.78, 5) is 12.9. The zero-order chi connectivity index (χ0) is 13.6. The molecule has 0 saturated heterocycles. The van der Waals surface area contributed by atoms with Gasteiger partial charge >= 0.3 is 5.97 Å². The van der Waals surface area contributed by atoms with Crippen LogP contribution in [0, 0.1) is 13.8 Å². The Kier molecular flexibility index (Phi) is 3.25. The molecule has 1 aliphatic carbocycles. The molecule has 18 heavy (non-hydrogen) atoms. The zero-order valence-corrected chi connectivity index (χ0v) is 11.8. The Bertz CT molecular complexity index is 584. The standard InChI is InChI=1S/C11H15NO4S2/c1-7-6-9(8(2)17-7)18(15,16)12-11(10(13)14)4-3-5-11/h6,12H,3-5H2,1-2H3,(H,13,14). The minimum Gasteiger partial charge on any atom is -0.480 e. The van der Waals surface area contributed by atoms with Crippen molar-refractivity contribution >= 4 is 27.3 Å². The summed E-state index contributed by atoms with van der Waals surface area (Å²) in [6.45, 7) is 3.55. The molecule has 100 valence electrons. The molecule has 0 spiro atoms. The van der Waals surface area contributed by atoms with Crippen LogP contribution in [0.5, 0.6) is 0 Å². The third-order valence-electron chi connectivity index (χ3n) is 3.23. The summed E-state index contributed by atoms with van der Waals surface area (Å²) >= 11 is 1.39. The maximum atomic E-state index is 12.2. The average molecular weight is 289 g/mol. The van der Waals surface area contributed by atoms with E-state index in [4.69, 9.17) is 5.11 Å². The minimum atomic E-state index is -3.75. The van der Waals surface area contributed by atoms with Crippen LogP contribution in [0.1, 0.15) is 29.0 Å². The van der Waals surface area contributed by atoms with Gasteiger partial charge in [0.25, 0.3) is 0 Å². The Hall–Kier alpha value is -0.920. The zero-order valence-electron chi connectivity index (χ0n) is 10.2. The molecule has 1 aromatic rings. The number of carboxylic acids is 1. The van der Waals surface area contributed by atoms with Crippen LogP contribution in [0.3, 0.4) is 0 Å². The number of carboxylic acid groups (broad SMARTS) is 1. The molecular weight excluding hydrogens is 274 g/mol.